The number of aromatic nitrogens is 1. The molecule has 3 aromatic rings. The zero-order valence-corrected chi connectivity index (χ0v) is 19.7. The maximum atomic E-state index is 13.4. The highest BCUT2D eigenvalue weighted by Crippen LogP contribution is 2.48. The van der Waals surface area contributed by atoms with Crippen LogP contribution in [-0.4, -0.2) is 40.8 Å². The van der Waals surface area contributed by atoms with E-state index in [4.69, 9.17) is 4.74 Å². The second-order valence-electron chi connectivity index (χ2n) is 9.96. The number of benzene rings is 2. The van der Waals surface area contributed by atoms with Crippen molar-refractivity contribution in [3.05, 3.63) is 84.1 Å². The summed E-state index contributed by atoms with van der Waals surface area (Å²) in [6.45, 7) is 6.05. The number of methoxy groups -OCH3 is 1. The second kappa shape index (κ2) is 8.95. The van der Waals surface area contributed by atoms with E-state index in [-0.39, 0.29) is 12.0 Å². The van der Waals surface area contributed by atoms with E-state index in [1.807, 2.05) is 30.3 Å². The van der Waals surface area contributed by atoms with Crippen molar-refractivity contribution in [3.8, 4) is 5.75 Å². The molecule has 4 nitrogen and oxygen atoms in total. The van der Waals surface area contributed by atoms with E-state index < -0.39 is 17.8 Å². The summed E-state index contributed by atoms with van der Waals surface area (Å²) in [6.07, 6.45) is 0.287. The van der Waals surface area contributed by atoms with E-state index in [1.165, 1.54) is 12.1 Å². The van der Waals surface area contributed by atoms with Gasteiger partial charge in [-0.05, 0) is 47.9 Å². The van der Waals surface area contributed by atoms with E-state index in [0.717, 1.165) is 48.5 Å². The molecule has 3 aliphatic rings. The van der Waals surface area contributed by atoms with E-state index >= 15 is 0 Å². The van der Waals surface area contributed by atoms with Crippen molar-refractivity contribution in [3.63, 3.8) is 0 Å². The highest BCUT2D eigenvalue weighted by Gasteiger charge is 2.54. The van der Waals surface area contributed by atoms with Gasteiger partial charge in [-0.25, -0.2) is 0 Å². The molecule has 3 saturated heterocycles. The smallest absolute Gasteiger partial charge is 0.416 e. The van der Waals surface area contributed by atoms with Crippen LogP contribution in [0.2, 0.25) is 0 Å². The average Bonchev–Trinajstić information content (AvgIpc) is 2.87. The van der Waals surface area contributed by atoms with Crippen LogP contribution in [0.15, 0.2) is 67.4 Å². The Labute approximate surface area is 203 Å². The lowest BCUT2D eigenvalue weighted by molar-refractivity contribution is -0.984. The van der Waals surface area contributed by atoms with Crippen LogP contribution in [-0.2, 0) is 12.7 Å². The molecule has 2 bridgehead atoms. The Hall–Kier alpha value is -2.90. The fraction of sp³-hybridized carbons (Fsp3) is 0.393. The standard InChI is InChI=1S/C28H30F3N2O2/c1-3-19-17-33(16-18-5-4-6-21(13-18)28(29,30)31)12-10-20(19)14-26(33)27(34)23-9-11-32-25-8-7-22(35-2)15-24(23)25/h3-9,11,13,15,19-20,26-27,34H,1,10,12,14,16-17H2,2H3/q+1/t19?,20?,26?,27-,33?/m0/s1. The van der Waals surface area contributed by atoms with E-state index in [1.54, 1.807) is 19.4 Å². The third-order valence-corrected chi connectivity index (χ3v) is 8.09. The molecule has 35 heavy (non-hydrogen) atoms. The lowest BCUT2D eigenvalue weighted by atomic mass is 9.71. The molecule has 6 rings (SSSR count). The number of hydrogen-bond acceptors (Lipinski definition) is 3. The minimum absolute atomic E-state index is 0.142. The second-order valence-corrected chi connectivity index (χ2v) is 9.96. The van der Waals surface area contributed by atoms with Gasteiger partial charge in [0.25, 0.3) is 0 Å². The summed E-state index contributed by atoms with van der Waals surface area (Å²) in [5.41, 5.74) is 1.56. The van der Waals surface area contributed by atoms with Gasteiger partial charge in [0, 0.05) is 35.9 Å². The predicted molar refractivity (Wildman–Crippen MR) is 129 cm³/mol. The Morgan fingerprint density at radius 2 is 2.06 bits per heavy atom. The molecule has 0 radical (unpaired) electrons. The van der Waals surface area contributed by atoms with Crippen LogP contribution in [0.25, 0.3) is 10.9 Å². The number of hydrogen-bond donors (Lipinski definition) is 1. The highest BCUT2D eigenvalue weighted by molar-refractivity contribution is 5.83. The fourth-order valence-electron chi connectivity index (χ4n) is 6.33. The maximum absolute atomic E-state index is 13.4. The van der Waals surface area contributed by atoms with Gasteiger partial charge >= 0.3 is 6.18 Å². The summed E-state index contributed by atoms with van der Waals surface area (Å²) in [7, 11) is 1.60. The first kappa shape index (κ1) is 23.8. The van der Waals surface area contributed by atoms with Crippen LogP contribution in [0.3, 0.4) is 0 Å². The van der Waals surface area contributed by atoms with Gasteiger partial charge in [0.2, 0.25) is 0 Å². The van der Waals surface area contributed by atoms with Crippen molar-refractivity contribution < 1.29 is 27.5 Å². The summed E-state index contributed by atoms with van der Waals surface area (Å²) < 4.78 is 46.2. The zero-order valence-electron chi connectivity index (χ0n) is 19.7. The van der Waals surface area contributed by atoms with Crippen molar-refractivity contribution in [1.29, 1.82) is 0 Å². The summed E-state index contributed by atoms with van der Waals surface area (Å²) in [5, 5.41) is 12.7. The van der Waals surface area contributed by atoms with E-state index in [2.05, 4.69) is 11.6 Å². The monoisotopic (exact) mass is 483 g/mol. The number of fused-ring (bicyclic) bond motifs is 4. The van der Waals surface area contributed by atoms with Crippen LogP contribution < -0.4 is 4.74 Å². The lowest BCUT2D eigenvalue weighted by Crippen LogP contribution is -2.67. The van der Waals surface area contributed by atoms with Crippen LogP contribution >= 0.6 is 0 Å². The first-order chi connectivity index (χ1) is 16.7. The van der Waals surface area contributed by atoms with Gasteiger partial charge in [0.1, 0.15) is 24.4 Å². The van der Waals surface area contributed by atoms with Crippen molar-refractivity contribution in [2.24, 2.45) is 11.8 Å². The van der Waals surface area contributed by atoms with Crippen molar-refractivity contribution in [2.75, 3.05) is 20.2 Å². The van der Waals surface area contributed by atoms with Gasteiger partial charge < -0.3 is 14.3 Å². The van der Waals surface area contributed by atoms with Gasteiger partial charge in [-0.1, -0.05) is 18.2 Å². The zero-order chi connectivity index (χ0) is 24.8. The van der Waals surface area contributed by atoms with Gasteiger partial charge in [-0.15, -0.1) is 6.58 Å². The van der Waals surface area contributed by atoms with Gasteiger partial charge in [0.05, 0.1) is 31.3 Å². The summed E-state index contributed by atoms with van der Waals surface area (Å²) in [4.78, 5) is 4.44. The molecule has 1 aromatic heterocycles. The lowest BCUT2D eigenvalue weighted by Gasteiger charge is -2.58. The molecule has 4 unspecified atom stereocenters. The molecule has 7 heteroatoms. The number of alkyl halides is 3. The quantitative estimate of drug-likeness (QED) is 0.350. The van der Waals surface area contributed by atoms with Gasteiger partial charge in [-0.2, -0.15) is 13.2 Å². The molecular formula is C28H30F3N2O2+. The molecule has 3 aliphatic heterocycles. The predicted octanol–water partition coefficient (Wildman–Crippen LogP) is 5.91. The molecular weight excluding hydrogens is 453 g/mol. The molecule has 0 amide bonds. The number of pyridine rings is 1. The molecule has 3 fully saturated rings. The minimum Gasteiger partial charge on any atom is -0.497 e. The van der Waals surface area contributed by atoms with Crippen LogP contribution in [0, 0.1) is 11.8 Å². The minimum atomic E-state index is -4.39. The van der Waals surface area contributed by atoms with Crippen LogP contribution in [0.5, 0.6) is 5.75 Å². The number of nitrogens with zero attached hydrogens (tertiary/aromatic N) is 2. The van der Waals surface area contributed by atoms with Gasteiger partial charge in [0.15, 0.2) is 0 Å². The largest absolute Gasteiger partial charge is 0.497 e. The Bertz CT molecular complexity index is 1240. The molecule has 0 aliphatic carbocycles. The Morgan fingerprint density at radius 3 is 2.80 bits per heavy atom. The van der Waals surface area contributed by atoms with Crippen molar-refractivity contribution in [1.82, 2.24) is 4.98 Å². The molecule has 4 heterocycles. The number of piperidine rings is 3. The number of halogens is 3. The molecule has 184 valence electrons. The van der Waals surface area contributed by atoms with E-state index in [0.29, 0.717) is 28.3 Å². The normalized spacial score (nSPS) is 27.1. The maximum Gasteiger partial charge on any atom is 0.416 e. The Kier molecular flexibility index (Phi) is 6.09. The van der Waals surface area contributed by atoms with Gasteiger partial charge in [-0.3, -0.25) is 4.98 Å². The molecule has 1 N–H and O–H groups in total. The summed E-state index contributed by atoms with van der Waals surface area (Å²) in [5.74, 6) is 1.38. The number of ether oxygens (including phenoxy) is 1. The molecule has 0 saturated carbocycles. The van der Waals surface area contributed by atoms with E-state index in [9.17, 15) is 18.3 Å². The number of aliphatic hydroxyl groups is 1. The summed E-state index contributed by atoms with van der Waals surface area (Å²) in [6, 6.07) is 12.9. The summed E-state index contributed by atoms with van der Waals surface area (Å²) >= 11 is 0. The average molecular weight is 484 g/mol. The molecule has 0 spiro atoms. The first-order valence-corrected chi connectivity index (χ1v) is 12.0. The third kappa shape index (κ3) is 4.32. The topological polar surface area (TPSA) is 42.4 Å². The SMILES string of the molecule is C=CC1C[N+]2(Cc3cccc(C(F)(F)F)c3)CCC1CC2[C@@H](O)c1ccnc2ccc(OC)cc12. The first-order valence-electron chi connectivity index (χ1n) is 12.0. The highest BCUT2D eigenvalue weighted by atomic mass is 19.4. The molecule has 5 atom stereocenters. The number of rotatable bonds is 6. The number of quaternary nitrogens is 1. The van der Waals surface area contributed by atoms with Crippen LogP contribution in [0.4, 0.5) is 13.2 Å². The van der Waals surface area contributed by atoms with Crippen molar-refractivity contribution in [2.45, 2.75) is 37.7 Å². The fourth-order valence-corrected chi connectivity index (χ4v) is 6.33. The molecule has 2 aromatic carbocycles. The number of aliphatic hydroxyl groups excluding tert-OH is 1. The van der Waals surface area contributed by atoms with Crippen LogP contribution in [0.1, 0.15) is 35.6 Å². The Balaban J connectivity index is 1.55. The third-order valence-electron chi connectivity index (χ3n) is 8.09. The Morgan fingerprint density at radius 1 is 1.23 bits per heavy atom. The van der Waals surface area contributed by atoms with Crippen molar-refractivity contribution >= 4 is 10.9 Å².